The fourth-order valence-electron chi connectivity index (χ4n) is 2.06. The summed E-state index contributed by atoms with van der Waals surface area (Å²) in [5, 5.41) is 0. The third kappa shape index (κ3) is 0.886. The molecule has 12 heavy (non-hydrogen) atoms. The van der Waals surface area contributed by atoms with Crippen LogP contribution in [0.1, 0.15) is 38.5 Å². The Labute approximate surface area is 71.1 Å². The molecule has 0 radical (unpaired) electrons. The zero-order valence-corrected chi connectivity index (χ0v) is 6.97. The summed E-state index contributed by atoms with van der Waals surface area (Å²) >= 11 is 0. The van der Waals surface area contributed by atoms with Gasteiger partial charge in [0.25, 0.3) is 0 Å². The molecule has 0 aromatic rings. The summed E-state index contributed by atoms with van der Waals surface area (Å²) < 4.78 is 4.41. The van der Waals surface area contributed by atoms with Crippen LogP contribution in [0, 0.1) is 5.41 Å². The molecule has 0 N–H and O–H groups in total. The molecule has 1 saturated heterocycles. The van der Waals surface area contributed by atoms with Gasteiger partial charge in [0.2, 0.25) is 0 Å². The number of carbonyl (C=O) groups is 2. The highest BCUT2D eigenvalue weighted by Crippen LogP contribution is 2.43. The third-order valence-corrected chi connectivity index (χ3v) is 2.92. The molecule has 0 aromatic carbocycles. The Hall–Kier alpha value is -0.860. The van der Waals surface area contributed by atoms with E-state index in [1.54, 1.807) is 0 Å². The molecule has 0 bridgehead atoms. The summed E-state index contributed by atoms with van der Waals surface area (Å²) in [5.74, 6) is -0.566. The molecule has 2 fully saturated rings. The molecule has 2 aliphatic rings. The summed E-state index contributed by atoms with van der Waals surface area (Å²) in [6, 6.07) is 0. The summed E-state index contributed by atoms with van der Waals surface area (Å²) in [4.78, 5) is 22.3. The average Bonchev–Trinajstić information content (AvgIpc) is 2.31. The van der Waals surface area contributed by atoms with E-state index in [1.807, 2.05) is 0 Å². The minimum Gasteiger partial charge on any atom is -0.391 e. The summed E-state index contributed by atoms with van der Waals surface area (Å²) in [6.45, 7) is 0. The number of carbonyl (C=O) groups excluding carboxylic acids is 2. The van der Waals surface area contributed by atoms with Crippen LogP contribution in [-0.2, 0) is 14.3 Å². The number of cyclic esters (lactones) is 2. The van der Waals surface area contributed by atoms with Crippen molar-refractivity contribution in [1.82, 2.24) is 0 Å². The van der Waals surface area contributed by atoms with Crippen molar-refractivity contribution in [2.75, 3.05) is 0 Å². The smallest absolute Gasteiger partial charge is 0.331 e. The van der Waals surface area contributed by atoms with E-state index in [0.29, 0.717) is 12.8 Å². The van der Waals surface area contributed by atoms with Crippen molar-refractivity contribution in [3.8, 4) is 0 Å². The maximum absolute atomic E-state index is 11.1. The lowest BCUT2D eigenvalue weighted by Gasteiger charge is -2.35. The van der Waals surface area contributed by atoms with Crippen molar-refractivity contribution in [1.29, 1.82) is 0 Å². The minimum absolute atomic E-state index is 0.283. The van der Waals surface area contributed by atoms with Crippen LogP contribution in [0.4, 0.5) is 0 Å². The van der Waals surface area contributed by atoms with Crippen molar-refractivity contribution in [2.24, 2.45) is 5.41 Å². The number of esters is 2. The quantitative estimate of drug-likeness (QED) is 0.405. The molecular weight excluding hydrogens is 156 g/mol. The van der Waals surface area contributed by atoms with Crippen LogP contribution in [0.5, 0.6) is 0 Å². The molecule has 0 amide bonds. The van der Waals surface area contributed by atoms with Gasteiger partial charge in [-0.3, -0.25) is 9.59 Å². The number of ether oxygens (including phenoxy) is 1. The molecule has 0 unspecified atom stereocenters. The molecule has 1 heterocycles. The predicted octanol–water partition coefficient (Wildman–Crippen LogP) is 1.41. The lowest BCUT2D eigenvalue weighted by molar-refractivity contribution is -0.198. The average molecular weight is 168 g/mol. The zero-order chi connectivity index (χ0) is 8.60. The van der Waals surface area contributed by atoms with Crippen molar-refractivity contribution >= 4 is 11.9 Å². The van der Waals surface area contributed by atoms with Gasteiger partial charge in [0.05, 0.1) is 0 Å². The van der Waals surface area contributed by atoms with Crippen LogP contribution in [0.15, 0.2) is 0 Å². The lowest BCUT2D eigenvalue weighted by Crippen LogP contribution is -2.52. The Morgan fingerprint density at radius 3 is 1.83 bits per heavy atom. The highest BCUT2D eigenvalue weighted by atomic mass is 16.6. The van der Waals surface area contributed by atoms with Gasteiger partial charge in [0.1, 0.15) is 0 Å². The van der Waals surface area contributed by atoms with Gasteiger partial charge in [-0.25, -0.2) is 0 Å². The van der Waals surface area contributed by atoms with E-state index in [2.05, 4.69) is 4.74 Å². The Bertz CT molecular complexity index is 208. The first-order chi connectivity index (χ1) is 5.76. The standard InChI is InChI=1S/C9H12O3/c10-7-9(8(11)12-7)5-3-1-2-4-6-9/h1-6H2. The maximum Gasteiger partial charge on any atom is 0.331 e. The van der Waals surface area contributed by atoms with Crippen LogP contribution < -0.4 is 0 Å². The summed E-state index contributed by atoms with van der Waals surface area (Å²) in [5.41, 5.74) is -0.698. The molecule has 66 valence electrons. The van der Waals surface area contributed by atoms with E-state index in [9.17, 15) is 9.59 Å². The normalized spacial score (nSPS) is 27.7. The largest absolute Gasteiger partial charge is 0.391 e. The minimum atomic E-state index is -0.698. The van der Waals surface area contributed by atoms with E-state index in [-0.39, 0.29) is 11.9 Å². The number of hydrogen-bond acceptors (Lipinski definition) is 3. The van der Waals surface area contributed by atoms with E-state index in [1.165, 1.54) is 0 Å². The van der Waals surface area contributed by atoms with E-state index >= 15 is 0 Å². The van der Waals surface area contributed by atoms with Gasteiger partial charge in [0, 0.05) is 0 Å². The first kappa shape index (κ1) is 7.77. The topological polar surface area (TPSA) is 43.4 Å². The van der Waals surface area contributed by atoms with E-state index in [4.69, 9.17) is 0 Å². The molecule has 1 saturated carbocycles. The molecule has 3 nitrogen and oxygen atoms in total. The fourth-order valence-corrected chi connectivity index (χ4v) is 2.06. The van der Waals surface area contributed by atoms with Crippen LogP contribution >= 0.6 is 0 Å². The van der Waals surface area contributed by atoms with Gasteiger partial charge in [-0.2, -0.15) is 0 Å². The van der Waals surface area contributed by atoms with Crippen LogP contribution in [0.3, 0.4) is 0 Å². The van der Waals surface area contributed by atoms with Crippen molar-refractivity contribution in [3.05, 3.63) is 0 Å². The SMILES string of the molecule is O=C1OC(=O)C12CCCCCC2. The molecule has 1 aliphatic carbocycles. The molecule has 1 aliphatic heterocycles. The highest BCUT2D eigenvalue weighted by Gasteiger charge is 2.57. The molecule has 3 heteroatoms. The Morgan fingerprint density at radius 2 is 1.42 bits per heavy atom. The monoisotopic (exact) mass is 168 g/mol. The van der Waals surface area contributed by atoms with Gasteiger partial charge in [0.15, 0.2) is 5.41 Å². The first-order valence-electron chi connectivity index (χ1n) is 4.52. The molecule has 0 atom stereocenters. The van der Waals surface area contributed by atoms with Crippen molar-refractivity contribution in [3.63, 3.8) is 0 Å². The molecule has 1 spiro atoms. The Balaban J connectivity index is 2.16. The summed E-state index contributed by atoms with van der Waals surface area (Å²) in [7, 11) is 0. The predicted molar refractivity (Wildman–Crippen MR) is 41.2 cm³/mol. The van der Waals surface area contributed by atoms with Crippen molar-refractivity contribution in [2.45, 2.75) is 38.5 Å². The van der Waals surface area contributed by atoms with E-state index in [0.717, 1.165) is 25.7 Å². The maximum atomic E-state index is 11.1. The lowest BCUT2D eigenvalue weighted by atomic mass is 9.77. The van der Waals surface area contributed by atoms with Crippen LogP contribution in [0.25, 0.3) is 0 Å². The second-order valence-corrected chi connectivity index (χ2v) is 3.67. The fraction of sp³-hybridized carbons (Fsp3) is 0.778. The number of hydrogen-bond donors (Lipinski definition) is 0. The van der Waals surface area contributed by atoms with Crippen LogP contribution in [0.2, 0.25) is 0 Å². The second-order valence-electron chi connectivity index (χ2n) is 3.67. The first-order valence-corrected chi connectivity index (χ1v) is 4.52. The van der Waals surface area contributed by atoms with Crippen LogP contribution in [-0.4, -0.2) is 11.9 Å². The van der Waals surface area contributed by atoms with Gasteiger partial charge in [-0.05, 0) is 12.8 Å². The van der Waals surface area contributed by atoms with Gasteiger partial charge < -0.3 is 4.74 Å². The van der Waals surface area contributed by atoms with E-state index < -0.39 is 5.41 Å². The zero-order valence-electron chi connectivity index (χ0n) is 6.97. The molecular formula is C9H12O3. The van der Waals surface area contributed by atoms with Gasteiger partial charge in [-0.1, -0.05) is 25.7 Å². The van der Waals surface area contributed by atoms with Gasteiger partial charge >= 0.3 is 11.9 Å². The van der Waals surface area contributed by atoms with Gasteiger partial charge in [-0.15, -0.1) is 0 Å². The summed E-state index contributed by atoms with van der Waals surface area (Å²) in [6.07, 6.45) is 5.68. The second kappa shape index (κ2) is 2.57. The van der Waals surface area contributed by atoms with Crippen molar-refractivity contribution < 1.29 is 14.3 Å². The Morgan fingerprint density at radius 1 is 0.917 bits per heavy atom. The molecule has 0 aromatic heterocycles. The number of rotatable bonds is 0. The third-order valence-electron chi connectivity index (χ3n) is 2.92. The highest BCUT2D eigenvalue weighted by molar-refractivity contribution is 6.13. The Kier molecular flexibility index (Phi) is 1.67. The molecule has 2 rings (SSSR count).